The molecule has 0 bridgehead atoms. The van der Waals surface area contributed by atoms with Crippen LogP contribution in [0.15, 0.2) is 49.3 Å². The molecule has 0 radical (unpaired) electrons. The highest BCUT2D eigenvalue weighted by Gasteiger charge is 2.26. The predicted octanol–water partition coefficient (Wildman–Crippen LogP) is 2.88. The van der Waals surface area contributed by atoms with E-state index in [1.165, 1.54) is 11.3 Å². The number of amides is 1. The predicted molar refractivity (Wildman–Crippen MR) is 91.7 cm³/mol. The number of nitrogens with zero attached hydrogens (tertiary/aromatic N) is 5. The summed E-state index contributed by atoms with van der Waals surface area (Å²) >= 11 is 1.40. The number of aromatic nitrogens is 4. The van der Waals surface area contributed by atoms with Crippen LogP contribution >= 0.6 is 11.3 Å². The first-order chi connectivity index (χ1) is 11.8. The second-order valence-corrected chi connectivity index (χ2v) is 6.83. The summed E-state index contributed by atoms with van der Waals surface area (Å²) in [7, 11) is 0. The Labute approximate surface area is 143 Å². The number of carbonyl (C=O) groups excluding carboxylic acids is 1. The maximum Gasteiger partial charge on any atom is 0.265 e. The Morgan fingerprint density at radius 2 is 2.21 bits per heavy atom. The van der Waals surface area contributed by atoms with Gasteiger partial charge in [0.05, 0.1) is 24.3 Å². The number of thiazole rings is 1. The summed E-state index contributed by atoms with van der Waals surface area (Å²) in [5, 5.41) is 0.780. The van der Waals surface area contributed by atoms with Crippen molar-refractivity contribution in [1.29, 1.82) is 0 Å². The van der Waals surface area contributed by atoms with Crippen molar-refractivity contribution in [2.45, 2.75) is 18.9 Å². The normalized spacial score (nSPS) is 17.8. The average molecular weight is 339 g/mol. The fraction of sp³-hybridized carbons (Fsp3) is 0.294. The van der Waals surface area contributed by atoms with Crippen molar-refractivity contribution in [3.05, 3.63) is 54.2 Å². The lowest BCUT2D eigenvalue weighted by Crippen LogP contribution is -2.40. The molecule has 24 heavy (non-hydrogen) atoms. The molecule has 1 saturated heterocycles. The van der Waals surface area contributed by atoms with Crippen molar-refractivity contribution < 1.29 is 4.79 Å². The standard InChI is InChI=1S/C17H17N5OS/c23-17(15-10-20-16(24-15)14-5-1-2-6-19-14)21-8-3-4-13(11-21)22-9-7-18-12-22/h1-2,5-7,9-10,12-13H,3-4,8,11H2. The van der Waals surface area contributed by atoms with Gasteiger partial charge < -0.3 is 9.47 Å². The van der Waals surface area contributed by atoms with Crippen LogP contribution in [0.3, 0.4) is 0 Å². The fourth-order valence-electron chi connectivity index (χ4n) is 3.00. The molecule has 1 amide bonds. The number of hydrogen-bond donors (Lipinski definition) is 0. The van der Waals surface area contributed by atoms with Gasteiger partial charge in [0.25, 0.3) is 5.91 Å². The molecule has 3 aromatic heterocycles. The van der Waals surface area contributed by atoms with Crippen LogP contribution in [-0.4, -0.2) is 43.4 Å². The molecule has 0 aromatic carbocycles. The Bertz CT molecular complexity index is 815. The summed E-state index contributed by atoms with van der Waals surface area (Å²) in [6.45, 7) is 1.51. The Balaban J connectivity index is 1.50. The third kappa shape index (κ3) is 2.94. The molecule has 0 aliphatic carbocycles. The summed E-state index contributed by atoms with van der Waals surface area (Å²) in [5.41, 5.74) is 0.802. The molecular formula is C17H17N5OS. The smallest absolute Gasteiger partial charge is 0.265 e. The number of imidazole rings is 1. The molecule has 4 heterocycles. The molecule has 1 aliphatic heterocycles. The van der Waals surface area contributed by atoms with E-state index in [9.17, 15) is 4.79 Å². The molecule has 122 valence electrons. The van der Waals surface area contributed by atoms with E-state index < -0.39 is 0 Å². The van der Waals surface area contributed by atoms with Crippen LogP contribution in [0.1, 0.15) is 28.6 Å². The molecule has 0 N–H and O–H groups in total. The highest BCUT2D eigenvalue weighted by Crippen LogP contribution is 2.27. The number of piperidine rings is 1. The molecule has 1 atom stereocenters. The SMILES string of the molecule is O=C(c1cnc(-c2ccccn2)s1)N1CCCC(n2ccnc2)C1. The van der Waals surface area contributed by atoms with Crippen molar-refractivity contribution >= 4 is 17.2 Å². The zero-order valence-electron chi connectivity index (χ0n) is 13.1. The van der Waals surface area contributed by atoms with E-state index in [4.69, 9.17) is 0 Å². The van der Waals surface area contributed by atoms with Crippen molar-refractivity contribution in [2.24, 2.45) is 0 Å². The van der Waals surface area contributed by atoms with Gasteiger partial charge in [-0.1, -0.05) is 6.07 Å². The summed E-state index contributed by atoms with van der Waals surface area (Å²) in [6, 6.07) is 6.00. The highest BCUT2D eigenvalue weighted by atomic mass is 32.1. The highest BCUT2D eigenvalue weighted by molar-refractivity contribution is 7.16. The minimum absolute atomic E-state index is 0.0551. The maximum atomic E-state index is 12.8. The number of carbonyl (C=O) groups is 1. The minimum Gasteiger partial charge on any atom is -0.336 e. The van der Waals surface area contributed by atoms with Gasteiger partial charge in [-0.05, 0) is 25.0 Å². The molecule has 1 fully saturated rings. The molecule has 6 nitrogen and oxygen atoms in total. The van der Waals surface area contributed by atoms with E-state index in [1.54, 1.807) is 18.6 Å². The Morgan fingerprint density at radius 3 is 3.00 bits per heavy atom. The molecule has 1 unspecified atom stereocenters. The van der Waals surface area contributed by atoms with Gasteiger partial charge in [0.1, 0.15) is 9.88 Å². The molecule has 3 aromatic rings. The van der Waals surface area contributed by atoms with E-state index in [1.807, 2.05) is 35.6 Å². The van der Waals surface area contributed by atoms with Crippen LogP contribution in [0.4, 0.5) is 0 Å². The Kier molecular flexibility index (Phi) is 4.08. The molecule has 7 heteroatoms. The van der Waals surface area contributed by atoms with E-state index >= 15 is 0 Å². The largest absolute Gasteiger partial charge is 0.336 e. The molecule has 0 spiro atoms. The first-order valence-corrected chi connectivity index (χ1v) is 8.77. The maximum absolute atomic E-state index is 12.8. The van der Waals surface area contributed by atoms with E-state index in [2.05, 4.69) is 19.5 Å². The van der Waals surface area contributed by atoms with Gasteiger partial charge in [-0.2, -0.15) is 0 Å². The van der Waals surface area contributed by atoms with Crippen molar-refractivity contribution in [3.8, 4) is 10.7 Å². The summed E-state index contributed by atoms with van der Waals surface area (Å²) in [4.78, 5) is 28.2. The third-order valence-electron chi connectivity index (χ3n) is 4.23. The van der Waals surface area contributed by atoms with E-state index in [0.717, 1.165) is 30.1 Å². The van der Waals surface area contributed by atoms with E-state index in [-0.39, 0.29) is 5.91 Å². The van der Waals surface area contributed by atoms with Crippen molar-refractivity contribution in [1.82, 2.24) is 24.4 Å². The van der Waals surface area contributed by atoms with Gasteiger partial charge in [-0.25, -0.2) is 9.97 Å². The first kappa shape index (κ1) is 15.0. The number of likely N-dealkylation sites (tertiary alicyclic amines) is 1. The van der Waals surface area contributed by atoms with Crippen molar-refractivity contribution in [2.75, 3.05) is 13.1 Å². The lowest BCUT2D eigenvalue weighted by molar-refractivity contribution is 0.0684. The monoisotopic (exact) mass is 339 g/mol. The quantitative estimate of drug-likeness (QED) is 0.736. The lowest BCUT2D eigenvalue weighted by Gasteiger charge is -2.33. The summed E-state index contributed by atoms with van der Waals surface area (Å²) in [6.07, 6.45) is 11.0. The molecule has 1 aliphatic rings. The van der Waals surface area contributed by atoms with Gasteiger partial charge in [0, 0.05) is 31.7 Å². The Hall–Kier alpha value is -2.54. The fourth-order valence-corrected chi connectivity index (χ4v) is 3.87. The van der Waals surface area contributed by atoms with Gasteiger partial charge in [0.15, 0.2) is 0 Å². The van der Waals surface area contributed by atoms with Crippen molar-refractivity contribution in [3.63, 3.8) is 0 Å². The minimum atomic E-state index is 0.0551. The average Bonchev–Trinajstić information content (AvgIpc) is 3.34. The number of pyridine rings is 1. The van der Waals surface area contributed by atoms with Gasteiger partial charge >= 0.3 is 0 Å². The zero-order valence-corrected chi connectivity index (χ0v) is 13.9. The van der Waals surface area contributed by atoms with Crippen LogP contribution in [-0.2, 0) is 0 Å². The first-order valence-electron chi connectivity index (χ1n) is 7.95. The van der Waals surface area contributed by atoms with Gasteiger partial charge in [-0.15, -0.1) is 11.3 Å². The lowest BCUT2D eigenvalue weighted by atomic mass is 10.1. The van der Waals surface area contributed by atoms with Crippen LogP contribution in [0.2, 0.25) is 0 Å². The molecule has 0 saturated carbocycles. The molecule has 4 rings (SSSR count). The van der Waals surface area contributed by atoms with Crippen LogP contribution in [0.5, 0.6) is 0 Å². The van der Waals surface area contributed by atoms with Crippen LogP contribution in [0.25, 0.3) is 10.7 Å². The second-order valence-electron chi connectivity index (χ2n) is 5.80. The van der Waals surface area contributed by atoms with E-state index in [0.29, 0.717) is 17.5 Å². The Morgan fingerprint density at radius 1 is 1.25 bits per heavy atom. The summed E-state index contributed by atoms with van der Waals surface area (Å²) < 4.78 is 2.09. The second kappa shape index (κ2) is 6.52. The molecular weight excluding hydrogens is 322 g/mol. The topological polar surface area (TPSA) is 63.9 Å². The van der Waals surface area contributed by atoms with Gasteiger partial charge in [0.2, 0.25) is 0 Å². The number of hydrogen-bond acceptors (Lipinski definition) is 5. The zero-order chi connectivity index (χ0) is 16.4. The number of rotatable bonds is 3. The third-order valence-corrected chi connectivity index (χ3v) is 5.24. The van der Waals surface area contributed by atoms with Crippen LogP contribution < -0.4 is 0 Å². The summed E-state index contributed by atoms with van der Waals surface area (Å²) in [5.74, 6) is 0.0551. The van der Waals surface area contributed by atoms with Gasteiger partial charge in [-0.3, -0.25) is 9.78 Å². The van der Waals surface area contributed by atoms with Crippen LogP contribution in [0, 0.1) is 0 Å².